The van der Waals surface area contributed by atoms with Gasteiger partial charge in [0, 0.05) is 17.3 Å². The SMILES string of the molecule is Cc1ccccc1OCC(=O)Nc1ccc(C(=O)NC(C)C)cc1. The van der Waals surface area contributed by atoms with Crippen LogP contribution < -0.4 is 15.4 Å². The summed E-state index contributed by atoms with van der Waals surface area (Å²) < 4.78 is 5.50. The summed E-state index contributed by atoms with van der Waals surface area (Å²) in [7, 11) is 0. The lowest BCUT2D eigenvalue weighted by Gasteiger charge is -2.10. The van der Waals surface area contributed by atoms with Crippen LogP contribution in [-0.2, 0) is 4.79 Å². The molecule has 2 N–H and O–H groups in total. The van der Waals surface area contributed by atoms with E-state index in [9.17, 15) is 9.59 Å². The van der Waals surface area contributed by atoms with E-state index in [1.54, 1.807) is 24.3 Å². The van der Waals surface area contributed by atoms with Gasteiger partial charge in [-0.1, -0.05) is 18.2 Å². The highest BCUT2D eigenvalue weighted by molar-refractivity contribution is 5.96. The lowest BCUT2D eigenvalue weighted by atomic mass is 10.2. The number of benzene rings is 2. The highest BCUT2D eigenvalue weighted by atomic mass is 16.5. The van der Waals surface area contributed by atoms with E-state index < -0.39 is 0 Å². The number of nitrogens with one attached hydrogen (secondary N) is 2. The second-order valence-corrected chi connectivity index (χ2v) is 5.81. The number of amides is 2. The predicted molar refractivity (Wildman–Crippen MR) is 94.3 cm³/mol. The third-order valence-electron chi connectivity index (χ3n) is 3.30. The third-order valence-corrected chi connectivity index (χ3v) is 3.30. The molecule has 0 atom stereocenters. The van der Waals surface area contributed by atoms with E-state index in [0.717, 1.165) is 5.56 Å². The van der Waals surface area contributed by atoms with E-state index in [0.29, 0.717) is 17.0 Å². The van der Waals surface area contributed by atoms with Gasteiger partial charge in [-0.05, 0) is 56.7 Å². The van der Waals surface area contributed by atoms with Gasteiger partial charge in [-0.25, -0.2) is 0 Å². The molecule has 0 aliphatic rings. The average Bonchev–Trinajstić information content (AvgIpc) is 2.54. The van der Waals surface area contributed by atoms with Crippen LogP contribution in [0.25, 0.3) is 0 Å². The van der Waals surface area contributed by atoms with Gasteiger partial charge in [0.2, 0.25) is 0 Å². The van der Waals surface area contributed by atoms with E-state index >= 15 is 0 Å². The van der Waals surface area contributed by atoms with Crippen LogP contribution in [0.15, 0.2) is 48.5 Å². The molecule has 0 bridgehead atoms. The van der Waals surface area contributed by atoms with Crippen molar-refractivity contribution >= 4 is 17.5 Å². The van der Waals surface area contributed by atoms with Crippen LogP contribution in [-0.4, -0.2) is 24.5 Å². The third kappa shape index (κ3) is 5.12. The van der Waals surface area contributed by atoms with E-state index in [2.05, 4.69) is 10.6 Å². The quantitative estimate of drug-likeness (QED) is 0.857. The molecule has 24 heavy (non-hydrogen) atoms. The number of rotatable bonds is 6. The molecular weight excluding hydrogens is 304 g/mol. The highest BCUT2D eigenvalue weighted by Gasteiger charge is 2.08. The second-order valence-electron chi connectivity index (χ2n) is 5.81. The fourth-order valence-electron chi connectivity index (χ4n) is 2.11. The fourth-order valence-corrected chi connectivity index (χ4v) is 2.11. The van der Waals surface area contributed by atoms with Crippen molar-refractivity contribution in [2.24, 2.45) is 0 Å². The highest BCUT2D eigenvalue weighted by Crippen LogP contribution is 2.16. The largest absolute Gasteiger partial charge is 0.483 e. The zero-order chi connectivity index (χ0) is 17.5. The van der Waals surface area contributed by atoms with Crippen molar-refractivity contribution in [3.05, 3.63) is 59.7 Å². The van der Waals surface area contributed by atoms with Crippen molar-refractivity contribution in [2.75, 3.05) is 11.9 Å². The molecule has 2 aromatic carbocycles. The molecule has 0 saturated heterocycles. The van der Waals surface area contributed by atoms with Gasteiger partial charge in [0.15, 0.2) is 6.61 Å². The Bertz CT molecular complexity index is 709. The number of hydrogen-bond donors (Lipinski definition) is 2. The van der Waals surface area contributed by atoms with Gasteiger partial charge in [0.05, 0.1) is 0 Å². The Labute approximate surface area is 142 Å². The van der Waals surface area contributed by atoms with Crippen LogP contribution in [0.4, 0.5) is 5.69 Å². The Balaban J connectivity index is 1.88. The monoisotopic (exact) mass is 326 g/mol. The summed E-state index contributed by atoms with van der Waals surface area (Å²) >= 11 is 0. The second kappa shape index (κ2) is 8.15. The Morgan fingerprint density at radius 3 is 2.33 bits per heavy atom. The van der Waals surface area contributed by atoms with Crippen LogP contribution in [0.5, 0.6) is 5.75 Å². The van der Waals surface area contributed by atoms with Crippen LogP contribution >= 0.6 is 0 Å². The Morgan fingerprint density at radius 1 is 1.04 bits per heavy atom. The maximum absolute atomic E-state index is 11.9. The van der Waals surface area contributed by atoms with Gasteiger partial charge >= 0.3 is 0 Å². The van der Waals surface area contributed by atoms with Gasteiger partial charge in [0.1, 0.15) is 5.75 Å². The lowest BCUT2D eigenvalue weighted by molar-refractivity contribution is -0.118. The first-order valence-corrected chi connectivity index (χ1v) is 7.85. The van der Waals surface area contributed by atoms with E-state index in [1.807, 2.05) is 45.0 Å². The minimum atomic E-state index is -0.252. The summed E-state index contributed by atoms with van der Waals surface area (Å²) in [6.45, 7) is 5.66. The molecule has 0 aliphatic carbocycles. The maximum Gasteiger partial charge on any atom is 0.262 e. The summed E-state index contributed by atoms with van der Waals surface area (Å²) in [5.41, 5.74) is 2.15. The molecule has 0 heterocycles. The first kappa shape index (κ1) is 17.5. The zero-order valence-electron chi connectivity index (χ0n) is 14.1. The molecule has 0 aliphatic heterocycles. The van der Waals surface area contributed by atoms with Crippen LogP contribution in [0.3, 0.4) is 0 Å². The molecule has 2 amide bonds. The summed E-state index contributed by atoms with van der Waals surface area (Å²) in [5, 5.41) is 5.56. The maximum atomic E-state index is 11.9. The minimum absolute atomic E-state index is 0.0690. The molecule has 0 saturated carbocycles. The van der Waals surface area contributed by atoms with Gasteiger partial charge < -0.3 is 15.4 Å². The average molecular weight is 326 g/mol. The number of ether oxygens (including phenoxy) is 1. The Morgan fingerprint density at radius 2 is 1.71 bits per heavy atom. The van der Waals surface area contributed by atoms with E-state index in [-0.39, 0.29) is 24.5 Å². The topological polar surface area (TPSA) is 67.4 Å². The summed E-state index contributed by atoms with van der Waals surface area (Å²) in [6.07, 6.45) is 0. The van der Waals surface area contributed by atoms with Crippen LogP contribution in [0.2, 0.25) is 0 Å². The number of carbonyl (C=O) groups excluding carboxylic acids is 2. The van der Waals surface area contributed by atoms with Crippen LogP contribution in [0.1, 0.15) is 29.8 Å². The number of aryl methyl sites for hydroxylation is 1. The van der Waals surface area contributed by atoms with E-state index in [4.69, 9.17) is 4.74 Å². The van der Waals surface area contributed by atoms with Crippen molar-refractivity contribution in [3.63, 3.8) is 0 Å². The number of anilines is 1. The smallest absolute Gasteiger partial charge is 0.262 e. The summed E-state index contributed by atoms with van der Waals surface area (Å²) in [4.78, 5) is 23.8. The zero-order valence-corrected chi connectivity index (χ0v) is 14.1. The molecule has 0 unspecified atom stereocenters. The summed E-state index contributed by atoms with van der Waals surface area (Å²) in [5.74, 6) is 0.303. The van der Waals surface area contributed by atoms with Crippen molar-refractivity contribution in [1.29, 1.82) is 0 Å². The number of hydrogen-bond acceptors (Lipinski definition) is 3. The van der Waals surface area contributed by atoms with Crippen molar-refractivity contribution in [2.45, 2.75) is 26.8 Å². The standard InChI is InChI=1S/C19H22N2O3/c1-13(2)20-19(23)15-8-10-16(11-9-15)21-18(22)12-24-17-7-5-4-6-14(17)3/h4-11,13H,12H2,1-3H3,(H,20,23)(H,21,22). The summed E-state index contributed by atoms with van der Waals surface area (Å²) in [6, 6.07) is 14.3. The first-order valence-electron chi connectivity index (χ1n) is 7.85. The Hall–Kier alpha value is -2.82. The predicted octanol–water partition coefficient (Wildman–Crippen LogP) is 3.15. The normalized spacial score (nSPS) is 10.3. The molecule has 0 radical (unpaired) electrons. The van der Waals surface area contributed by atoms with Crippen molar-refractivity contribution in [3.8, 4) is 5.75 Å². The molecule has 5 nitrogen and oxygen atoms in total. The molecule has 0 fully saturated rings. The van der Waals surface area contributed by atoms with Gasteiger partial charge in [-0.2, -0.15) is 0 Å². The molecular formula is C19H22N2O3. The molecule has 0 spiro atoms. The first-order chi connectivity index (χ1) is 11.5. The molecule has 126 valence electrons. The fraction of sp³-hybridized carbons (Fsp3) is 0.263. The lowest BCUT2D eigenvalue weighted by Crippen LogP contribution is -2.30. The van der Waals surface area contributed by atoms with Crippen molar-refractivity contribution < 1.29 is 14.3 Å². The van der Waals surface area contributed by atoms with E-state index in [1.165, 1.54) is 0 Å². The molecule has 2 aromatic rings. The number of para-hydroxylation sites is 1. The minimum Gasteiger partial charge on any atom is -0.483 e. The van der Waals surface area contributed by atoms with Gasteiger partial charge in [-0.15, -0.1) is 0 Å². The van der Waals surface area contributed by atoms with Gasteiger partial charge in [-0.3, -0.25) is 9.59 Å². The van der Waals surface area contributed by atoms with Crippen molar-refractivity contribution in [1.82, 2.24) is 5.32 Å². The molecule has 0 aromatic heterocycles. The number of carbonyl (C=O) groups is 2. The van der Waals surface area contributed by atoms with Crippen LogP contribution in [0, 0.1) is 6.92 Å². The molecule has 2 rings (SSSR count). The molecule has 5 heteroatoms. The Kier molecular flexibility index (Phi) is 5.95. The van der Waals surface area contributed by atoms with Gasteiger partial charge in [0.25, 0.3) is 11.8 Å².